The number of carbonyl (C=O) groups excluding carboxylic acids is 3. The predicted molar refractivity (Wildman–Crippen MR) is 114 cm³/mol. The lowest BCUT2D eigenvalue weighted by molar-refractivity contribution is -0.137. The summed E-state index contributed by atoms with van der Waals surface area (Å²) < 4.78 is 21.8. The van der Waals surface area contributed by atoms with Gasteiger partial charge in [-0.1, -0.05) is 30.3 Å². The summed E-state index contributed by atoms with van der Waals surface area (Å²) in [6.45, 7) is 3.99. The van der Waals surface area contributed by atoms with Crippen LogP contribution in [-0.2, 0) is 19.1 Å². The highest BCUT2D eigenvalue weighted by Gasteiger charge is 2.24. The van der Waals surface area contributed by atoms with Gasteiger partial charge in [0.1, 0.15) is 0 Å². The average molecular weight is 442 g/mol. The normalized spacial score (nSPS) is 14.3. The van der Waals surface area contributed by atoms with Gasteiger partial charge >= 0.3 is 5.97 Å². The third kappa shape index (κ3) is 5.98. The molecule has 1 unspecified atom stereocenters. The maximum atomic E-state index is 12.7. The molecular weight excluding hydrogens is 416 g/mol. The predicted octanol–water partition coefficient (Wildman–Crippen LogP) is 1.71. The Morgan fingerprint density at radius 1 is 1.03 bits per heavy atom. The molecule has 170 valence electrons. The van der Waals surface area contributed by atoms with Crippen LogP contribution in [0.1, 0.15) is 28.9 Å². The topological polar surface area (TPSA) is 117 Å². The Morgan fingerprint density at radius 3 is 2.41 bits per heavy atom. The first-order chi connectivity index (χ1) is 15.5. The maximum Gasteiger partial charge on any atom is 0.339 e. The Balaban J connectivity index is 1.70. The molecule has 1 aliphatic rings. The molecular formula is C23H26N2O7. The van der Waals surface area contributed by atoms with Crippen molar-refractivity contribution in [2.45, 2.75) is 13.0 Å². The number of esters is 1. The highest BCUT2D eigenvalue weighted by Crippen LogP contribution is 2.30. The van der Waals surface area contributed by atoms with Crippen molar-refractivity contribution in [1.29, 1.82) is 0 Å². The molecule has 2 aromatic rings. The minimum Gasteiger partial charge on any atom is -0.490 e. The van der Waals surface area contributed by atoms with E-state index < -0.39 is 18.0 Å². The lowest BCUT2D eigenvalue weighted by atomic mass is 10.1. The van der Waals surface area contributed by atoms with Crippen molar-refractivity contribution in [3.05, 3.63) is 59.7 Å². The van der Waals surface area contributed by atoms with Crippen molar-refractivity contribution in [1.82, 2.24) is 4.90 Å². The molecule has 0 saturated carbocycles. The monoisotopic (exact) mass is 442 g/mol. The molecule has 32 heavy (non-hydrogen) atoms. The van der Waals surface area contributed by atoms with E-state index in [1.54, 1.807) is 42.2 Å². The van der Waals surface area contributed by atoms with Gasteiger partial charge in [-0.15, -0.1) is 0 Å². The third-order valence-corrected chi connectivity index (χ3v) is 4.78. The minimum atomic E-state index is -1.22. The van der Waals surface area contributed by atoms with Gasteiger partial charge in [0, 0.05) is 18.7 Å². The van der Waals surface area contributed by atoms with Gasteiger partial charge < -0.3 is 29.6 Å². The molecule has 1 aliphatic heterocycles. The van der Waals surface area contributed by atoms with Gasteiger partial charge in [-0.25, -0.2) is 4.79 Å². The van der Waals surface area contributed by atoms with Crippen molar-refractivity contribution in [2.75, 3.05) is 39.5 Å². The second-order valence-electron chi connectivity index (χ2n) is 6.97. The van der Waals surface area contributed by atoms with Crippen LogP contribution in [0.4, 0.5) is 0 Å². The maximum absolute atomic E-state index is 12.7. The molecule has 1 heterocycles. The smallest absolute Gasteiger partial charge is 0.339 e. The van der Waals surface area contributed by atoms with Crippen LogP contribution in [0.25, 0.3) is 0 Å². The van der Waals surface area contributed by atoms with E-state index in [2.05, 4.69) is 0 Å². The van der Waals surface area contributed by atoms with Crippen LogP contribution in [0.5, 0.6) is 11.5 Å². The summed E-state index contributed by atoms with van der Waals surface area (Å²) in [6, 6.07) is 13.0. The van der Waals surface area contributed by atoms with Gasteiger partial charge in [0.15, 0.2) is 18.1 Å². The average Bonchev–Trinajstić information content (AvgIpc) is 2.82. The number of ether oxygens (including phenoxy) is 4. The number of hydrogen-bond acceptors (Lipinski definition) is 7. The van der Waals surface area contributed by atoms with Crippen LogP contribution < -0.4 is 15.2 Å². The largest absolute Gasteiger partial charge is 0.490 e. The third-order valence-electron chi connectivity index (χ3n) is 4.78. The molecule has 0 bridgehead atoms. The van der Waals surface area contributed by atoms with Gasteiger partial charge in [0.2, 0.25) is 6.10 Å². The summed E-state index contributed by atoms with van der Waals surface area (Å²) in [5.74, 6) is -1.08. The molecule has 0 radical (unpaired) electrons. The highest BCUT2D eigenvalue weighted by molar-refractivity contribution is 5.93. The molecule has 1 fully saturated rings. The Morgan fingerprint density at radius 2 is 1.75 bits per heavy atom. The molecule has 9 nitrogen and oxygen atoms in total. The fourth-order valence-corrected chi connectivity index (χ4v) is 3.16. The zero-order valence-electron chi connectivity index (χ0n) is 17.8. The van der Waals surface area contributed by atoms with Crippen molar-refractivity contribution in [3.63, 3.8) is 0 Å². The van der Waals surface area contributed by atoms with E-state index in [9.17, 15) is 14.4 Å². The Kier molecular flexibility index (Phi) is 8.04. The minimum absolute atomic E-state index is 0.155. The Bertz CT molecular complexity index is 943. The number of nitrogens with zero attached hydrogens (tertiary/aromatic N) is 1. The zero-order valence-corrected chi connectivity index (χ0v) is 17.8. The molecule has 3 rings (SSSR count). The first-order valence-corrected chi connectivity index (χ1v) is 10.3. The van der Waals surface area contributed by atoms with Crippen molar-refractivity contribution >= 4 is 17.8 Å². The lowest BCUT2D eigenvalue weighted by Crippen LogP contribution is -2.43. The number of amides is 2. The van der Waals surface area contributed by atoms with Crippen LogP contribution in [0.3, 0.4) is 0 Å². The SMILES string of the molecule is CCOc1cc(C(=O)OC(C(N)=O)c2ccccc2)ccc1OCC(=O)N1CCOCC1. The van der Waals surface area contributed by atoms with Crippen molar-refractivity contribution < 1.29 is 33.3 Å². The molecule has 1 saturated heterocycles. The summed E-state index contributed by atoms with van der Waals surface area (Å²) in [4.78, 5) is 38.5. The number of morpholine rings is 1. The van der Waals surface area contributed by atoms with Crippen LogP contribution >= 0.6 is 0 Å². The van der Waals surface area contributed by atoms with Gasteiger partial charge in [-0.2, -0.15) is 0 Å². The van der Waals surface area contributed by atoms with Crippen molar-refractivity contribution in [2.24, 2.45) is 5.73 Å². The van der Waals surface area contributed by atoms with E-state index in [0.717, 1.165) is 0 Å². The van der Waals surface area contributed by atoms with Crippen LogP contribution in [0.15, 0.2) is 48.5 Å². The number of rotatable bonds is 9. The summed E-state index contributed by atoms with van der Waals surface area (Å²) in [5, 5.41) is 0. The van der Waals surface area contributed by atoms with E-state index in [0.29, 0.717) is 44.2 Å². The molecule has 0 aliphatic carbocycles. The van der Waals surface area contributed by atoms with Crippen molar-refractivity contribution in [3.8, 4) is 11.5 Å². The van der Waals surface area contributed by atoms with Gasteiger partial charge in [0.05, 0.1) is 25.4 Å². The summed E-state index contributed by atoms with van der Waals surface area (Å²) >= 11 is 0. The Hall–Kier alpha value is -3.59. The second kappa shape index (κ2) is 11.1. The molecule has 9 heteroatoms. The lowest BCUT2D eigenvalue weighted by Gasteiger charge is -2.26. The quantitative estimate of drug-likeness (QED) is 0.588. The molecule has 2 N–H and O–H groups in total. The summed E-state index contributed by atoms with van der Waals surface area (Å²) in [7, 11) is 0. The Labute approximate surface area is 186 Å². The van der Waals surface area contributed by atoms with Gasteiger partial charge in [0.25, 0.3) is 11.8 Å². The number of nitrogens with two attached hydrogens (primary N) is 1. The van der Waals surface area contributed by atoms with Gasteiger partial charge in [-0.05, 0) is 25.1 Å². The summed E-state index contributed by atoms with van der Waals surface area (Å²) in [5.41, 5.74) is 6.05. The fourth-order valence-electron chi connectivity index (χ4n) is 3.16. The van der Waals surface area contributed by atoms with Crippen LogP contribution in [-0.4, -0.2) is 62.2 Å². The fraction of sp³-hybridized carbons (Fsp3) is 0.348. The standard InChI is InChI=1S/C23H26N2O7/c1-2-30-19-14-17(23(28)32-21(22(24)27)16-6-4-3-5-7-16)8-9-18(19)31-15-20(26)25-10-12-29-13-11-25/h3-9,14,21H,2,10-13,15H2,1H3,(H2,24,27). The van der Waals surface area contributed by atoms with E-state index in [-0.39, 0.29) is 23.8 Å². The number of benzene rings is 2. The van der Waals surface area contributed by atoms with Gasteiger partial charge in [-0.3, -0.25) is 9.59 Å². The van der Waals surface area contributed by atoms with Crippen LogP contribution in [0, 0.1) is 0 Å². The van der Waals surface area contributed by atoms with E-state index in [4.69, 9.17) is 24.7 Å². The number of carbonyl (C=O) groups is 3. The molecule has 2 amide bonds. The number of hydrogen-bond donors (Lipinski definition) is 1. The van der Waals surface area contributed by atoms with E-state index >= 15 is 0 Å². The number of primary amides is 1. The first kappa shape index (κ1) is 23.1. The second-order valence-corrected chi connectivity index (χ2v) is 6.97. The van der Waals surface area contributed by atoms with Crippen LogP contribution in [0.2, 0.25) is 0 Å². The molecule has 0 spiro atoms. The first-order valence-electron chi connectivity index (χ1n) is 10.3. The summed E-state index contributed by atoms with van der Waals surface area (Å²) in [6.07, 6.45) is -1.22. The molecule has 1 atom stereocenters. The van der Waals surface area contributed by atoms with E-state index in [1.165, 1.54) is 18.2 Å². The zero-order chi connectivity index (χ0) is 22.9. The molecule has 0 aromatic heterocycles. The molecule has 2 aromatic carbocycles. The van der Waals surface area contributed by atoms with E-state index in [1.807, 2.05) is 0 Å². The highest BCUT2D eigenvalue weighted by atomic mass is 16.5.